The number of hydrogen-bond donors (Lipinski definition) is 0. The van der Waals surface area contributed by atoms with Crippen molar-refractivity contribution in [3.63, 3.8) is 0 Å². The molecule has 0 bridgehead atoms. The van der Waals surface area contributed by atoms with Crippen molar-refractivity contribution in [3.8, 4) is 0 Å². The Labute approximate surface area is 94.2 Å². The molecule has 2 heterocycles. The molecule has 0 radical (unpaired) electrons. The van der Waals surface area contributed by atoms with Crippen LogP contribution in [0.4, 0.5) is 5.69 Å². The van der Waals surface area contributed by atoms with Gasteiger partial charge >= 0.3 is 0 Å². The van der Waals surface area contributed by atoms with Gasteiger partial charge in [0.15, 0.2) is 5.15 Å². The number of methoxy groups -OCH3 is 1. The van der Waals surface area contributed by atoms with Crippen LogP contribution in [0.15, 0.2) is 12.3 Å². The molecule has 2 rings (SSSR count). The summed E-state index contributed by atoms with van der Waals surface area (Å²) in [6.07, 6.45) is 2.75. The summed E-state index contributed by atoms with van der Waals surface area (Å²) >= 11 is 5.80. The molecular weight excluding hydrogens is 214 g/mol. The van der Waals surface area contributed by atoms with Crippen LogP contribution in [0, 0.1) is 0 Å². The molecule has 0 spiro atoms. The van der Waals surface area contributed by atoms with Crippen LogP contribution in [0.1, 0.15) is 13.3 Å². The zero-order valence-electron chi connectivity index (χ0n) is 8.90. The molecule has 1 saturated heterocycles. The van der Waals surface area contributed by atoms with E-state index in [4.69, 9.17) is 16.3 Å². The van der Waals surface area contributed by atoms with Gasteiger partial charge in [-0.15, -0.1) is 5.10 Å². The zero-order chi connectivity index (χ0) is 10.9. The van der Waals surface area contributed by atoms with Gasteiger partial charge in [-0.1, -0.05) is 11.6 Å². The summed E-state index contributed by atoms with van der Waals surface area (Å²) in [5.74, 6) is 0. The van der Waals surface area contributed by atoms with Crippen molar-refractivity contribution in [2.75, 3.05) is 25.1 Å². The van der Waals surface area contributed by atoms with Gasteiger partial charge in [0.2, 0.25) is 0 Å². The third-order valence-electron chi connectivity index (χ3n) is 2.90. The molecular formula is C10H14ClN3O. The number of halogens is 1. The maximum atomic E-state index is 5.80. The molecule has 4 nitrogen and oxygen atoms in total. The molecule has 0 aromatic carbocycles. The van der Waals surface area contributed by atoms with E-state index in [0.29, 0.717) is 5.15 Å². The summed E-state index contributed by atoms with van der Waals surface area (Å²) < 4.78 is 5.47. The van der Waals surface area contributed by atoms with Crippen molar-refractivity contribution in [1.29, 1.82) is 0 Å². The van der Waals surface area contributed by atoms with Crippen molar-refractivity contribution < 1.29 is 4.74 Å². The largest absolute Gasteiger partial charge is 0.377 e. The first-order valence-electron chi connectivity index (χ1n) is 4.91. The summed E-state index contributed by atoms with van der Waals surface area (Å²) in [6.45, 7) is 3.95. The molecule has 0 amide bonds. The van der Waals surface area contributed by atoms with E-state index in [1.807, 2.05) is 6.07 Å². The monoisotopic (exact) mass is 227 g/mol. The first-order valence-corrected chi connectivity index (χ1v) is 5.29. The molecule has 15 heavy (non-hydrogen) atoms. The summed E-state index contributed by atoms with van der Waals surface area (Å²) in [4.78, 5) is 2.21. The van der Waals surface area contributed by atoms with E-state index < -0.39 is 0 Å². The lowest BCUT2D eigenvalue weighted by atomic mass is 10.1. The highest BCUT2D eigenvalue weighted by atomic mass is 35.5. The van der Waals surface area contributed by atoms with Crippen LogP contribution in [-0.2, 0) is 4.74 Å². The predicted molar refractivity (Wildman–Crippen MR) is 59.3 cm³/mol. The third-order valence-corrected chi connectivity index (χ3v) is 3.09. The third kappa shape index (κ3) is 2.21. The van der Waals surface area contributed by atoms with Crippen molar-refractivity contribution in [3.05, 3.63) is 17.4 Å². The van der Waals surface area contributed by atoms with Crippen molar-refractivity contribution >= 4 is 17.3 Å². The lowest BCUT2D eigenvalue weighted by Crippen LogP contribution is -2.31. The highest BCUT2D eigenvalue weighted by Gasteiger charge is 2.33. The van der Waals surface area contributed by atoms with E-state index >= 15 is 0 Å². The fourth-order valence-electron chi connectivity index (χ4n) is 1.82. The molecule has 5 heteroatoms. The predicted octanol–water partition coefficient (Wildman–Crippen LogP) is 1.75. The van der Waals surface area contributed by atoms with Gasteiger partial charge in [-0.05, 0) is 13.3 Å². The number of aromatic nitrogens is 2. The Bertz CT molecular complexity index is 360. The van der Waals surface area contributed by atoms with E-state index in [0.717, 1.165) is 25.2 Å². The molecule has 1 aromatic rings. The second-order valence-corrected chi connectivity index (χ2v) is 4.45. The molecule has 1 unspecified atom stereocenters. The molecule has 1 atom stereocenters. The van der Waals surface area contributed by atoms with Gasteiger partial charge in [-0.3, -0.25) is 0 Å². The number of hydrogen-bond acceptors (Lipinski definition) is 4. The van der Waals surface area contributed by atoms with Gasteiger partial charge in [0, 0.05) is 26.3 Å². The standard InChI is InChI=1S/C10H14ClN3O/c1-10(15-2)3-4-14(7-10)8-5-9(11)13-12-6-8/h5-6H,3-4,7H2,1-2H3. The molecule has 82 valence electrons. The van der Waals surface area contributed by atoms with E-state index in [1.165, 1.54) is 0 Å². The maximum absolute atomic E-state index is 5.80. The van der Waals surface area contributed by atoms with E-state index in [-0.39, 0.29) is 5.60 Å². The average molecular weight is 228 g/mol. The SMILES string of the molecule is COC1(C)CCN(c2cnnc(Cl)c2)C1. The average Bonchev–Trinajstić information content (AvgIpc) is 2.62. The van der Waals surface area contributed by atoms with Crippen LogP contribution >= 0.6 is 11.6 Å². The zero-order valence-corrected chi connectivity index (χ0v) is 9.66. The van der Waals surface area contributed by atoms with E-state index in [2.05, 4.69) is 22.0 Å². The van der Waals surface area contributed by atoms with Gasteiger partial charge < -0.3 is 9.64 Å². The Hall–Kier alpha value is -0.870. The molecule has 1 fully saturated rings. The molecule has 0 aliphatic carbocycles. The topological polar surface area (TPSA) is 38.2 Å². The Morgan fingerprint density at radius 3 is 3.00 bits per heavy atom. The smallest absolute Gasteiger partial charge is 0.153 e. The molecule has 1 aliphatic heterocycles. The molecule has 0 saturated carbocycles. The fourth-order valence-corrected chi connectivity index (χ4v) is 1.98. The Morgan fingerprint density at radius 2 is 2.40 bits per heavy atom. The van der Waals surface area contributed by atoms with Crippen LogP contribution < -0.4 is 4.90 Å². The van der Waals surface area contributed by atoms with Crippen LogP contribution in [0.25, 0.3) is 0 Å². The van der Waals surface area contributed by atoms with Crippen molar-refractivity contribution in [2.24, 2.45) is 0 Å². The Balaban J connectivity index is 2.14. The van der Waals surface area contributed by atoms with Gasteiger partial charge in [-0.25, -0.2) is 0 Å². The molecule has 1 aliphatic rings. The fraction of sp³-hybridized carbons (Fsp3) is 0.600. The molecule has 0 N–H and O–H groups in total. The Kier molecular flexibility index (Phi) is 2.80. The van der Waals surface area contributed by atoms with Crippen molar-refractivity contribution in [2.45, 2.75) is 18.9 Å². The quantitative estimate of drug-likeness (QED) is 0.772. The van der Waals surface area contributed by atoms with Crippen molar-refractivity contribution in [1.82, 2.24) is 10.2 Å². The lowest BCUT2D eigenvalue weighted by Gasteiger charge is -2.23. The van der Waals surface area contributed by atoms with Crippen LogP contribution in [0.3, 0.4) is 0 Å². The second kappa shape index (κ2) is 3.94. The van der Waals surface area contributed by atoms with Crippen LogP contribution in [0.2, 0.25) is 5.15 Å². The minimum Gasteiger partial charge on any atom is -0.377 e. The van der Waals surface area contributed by atoms with Crippen LogP contribution in [0.5, 0.6) is 0 Å². The first-order chi connectivity index (χ1) is 7.13. The summed E-state index contributed by atoms with van der Waals surface area (Å²) in [7, 11) is 1.75. The van der Waals surface area contributed by atoms with Crippen LogP contribution in [-0.4, -0.2) is 36.0 Å². The van der Waals surface area contributed by atoms with Gasteiger partial charge in [0.25, 0.3) is 0 Å². The number of rotatable bonds is 2. The summed E-state index contributed by atoms with van der Waals surface area (Å²) in [6, 6.07) is 1.83. The number of nitrogens with zero attached hydrogens (tertiary/aromatic N) is 3. The van der Waals surface area contributed by atoms with E-state index in [9.17, 15) is 0 Å². The Morgan fingerprint density at radius 1 is 1.60 bits per heavy atom. The van der Waals surface area contributed by atoms with Gasteiger partial charge in [0.1, 0.15) is 0 Å². The second-order valence-electron chi connectivity index (χ2n) is 4.06. The first kappa shape index (κ1) is 10.6. The summed E-state index contributed by atoms with van der Waals surface area (Å²) in [5.41, 5.74) is 0.950. The molecule has 1 aromatic heterocycles. The number of ether oxygens (including phenoxy) is 1. The van der Waals surface area contributed by atoms with E-state index in [1.54, 1.807) is 13.3 Å². The maximum Gasteiger partial charge on any atom is 0.153 e. The lowest BCUT2D eigenvalue weighted by molar-refractivity contribution is 0.0257. The minimum atomic E-state index is -0.0598. The van der Waals surface area contributed by atoms with Gasteiger partial charge in [-0.2, -0.15) is 5.10 Å². The normalized spacial score (nSPS) is 25.9. The minimum absolute atomic E-state index is 0.0598. The highest BCUT2D eigenvalue weighted by molar-refractivity contribution is 6.29. The summed E-state index contributed by atoms with van der Waals surface area (Å²) in [5, 5.41) is 7.99. The highest BCUT2D eigenvalue weighted by Crippen LogP contribution is 2.28. The number of anilines is 1. The van der Waals surface area contributed by atoms with Gasteiger partial charge in [0.05, 0.1) is 17.5 Å².